The topological polar surface area (TPSA) is 58.9 Å². The van der Waals surface area contributed by atoms with Gasteiger partial charge in [0.2, 0.25) is 5.95 Å². The minimum absolute atomic E-state index is 0.482. The van der Waals surface area contributed by atoms with Crippen molar-refractivity contribution in [2.24, 2.45) is 7.05 Å². The number of aryl methyl sites for hydroxylation is 1. The average Bonchev–Trinajstić information content (AvgIpc) is 2.49. The van der Waals surface area contributed by atoms with Gasteiger partial charge >= 0.3 is 0 Å². The van der Waals surface area contributed by atoms with E-state index < -0.39 is 0 Å². The van der Waals surface area contributed by atoms with Crippen molar-refractivity contribution in [2.45, 2.75) is 25.9 Å². The van der Waals surface area contributed by atoms with Crippen molar-refractivity contribution in [3.05, 3.63) is 0 Å². The fourth-order valence-corrected chi connectivity index (χ4v) is 1.98. The van der Waals surface area contributed by atoms with Crippen LogP contribution < -0.4 is 10.2 Å². The number of aromatic nitrogens is 4. The molecule has 1 aliphatic heterocycles. The van der Waals surface area contributed by atoms with Crippen LogP contribution in [0, 0.1) is 0 Å². The molecule has 1 saturated heterocycles. The highest BCUT2D eigenvalue weighted by molar-refractivity contribution is 5.29. The van der Waals surface area contributed by atoms with Crippen LogP contribution in [0.5, 0.6) is 0 Å². The average molecular weight is 196 g/mol. The number of hydrogen-bond donors (Lipinski definition) is 1. The molecule has 0 radical (unpaired) electrons. The first-order valence-corrected chi connectivity index (χ1v) is 4.90. The summed E-state index contributed by atoms with van der Waals surface area (Å²) in [5, 5.41) is 15.0. The van der Waals surface area contributed by atoms with E-state index in [4.69, 9.17) is 0 Å². The fourth-order valence-electron chi connectivity index (χ4n) is 1.98. The molecule has 0 aliphatic carbocycles. The first-order valence-electron chi connectivity index (χ1n) is 4.90. The van der Waals surface area contributed by atoms with Crippen LogP contribution in [0.3, 0.4) is 0 Å². The van der Waals surface area contributed by atoms with E-state index in [-0.39, 0.29) is 0 Å². The van der Waals surface area contributed by atoms with E-state index in [1.807, 2.05) is 7.05 Å². The maximum atomic E-state index is 4.01. The number of hydrogen-bond acceptors (Lipinski definition) is 5. The minimum Gasteiger partial charge on any atom is -0.337 e. The molecule has 2 heterocycles. The van der Waals surface area contributed by atoms with Crippen LogP contribution in [-0.2, 0) is 7.05 Å². The molecular formula is C8H16N6. The summed E-state index contributed by atoms with van der Waals surface area (Å²) in [5.74, 6) is 0.852. The van der Waals surface area contributed by atoms with Crippen molar-refractivity contribution in [1.82, 2.24) is 25.5 Å². The smallest absolute Gasteiger partial charge is 0.245 e. The molecule has 0 spiro atoms. The first kappa shape index (κ1) is 9.39. The normalized spacial score (nSPS) is 28.1. The quantitative estimate of drug-likeness (QED) is 0.649. The molecule has 6 nitrogen and oxygen atoms in total. The standard InChI is InChI=1S/C8H16N6/c1-6-4-14(5-7(2)9-6)8-10-11-12-13(8)3/h6-7,9H,4-5H2,1-3H3. The predicted octanol–water partition coefficient (Wildman–Crippen LogP) is -0.603. The Kier molecular flexibility index (Phi) is 2.37. The van der Waals surface area contributed by atoms with Gasteiger partial charge in [-0.05, 0) is 24.3 Å². The van der Waals surface area contributed by atoms with E-state index in [0.717, 1.165) is 19.0 Å². The highest BCUT2D eigenvalue weighted by atomic mass is 15.6. The molecule has 1 aliphatic rings. The third-order valence-corrected chi connectivity index (χ3v) is 2.44. The monoisotopic (exact) mass is 196 g/mol. The number of tetrazole rings is 1. The van der Waals surface area contributed by atoms with Gasteiger partial charge in [0.1, 0.15) is 0 Å². The fraction of sp³-hybridized carbons (Fsp3) is 0.875. The lowest BCUT2D eigenvalue weighted by Crippen LogP contribution is -2.54. The second-order valence-electron chi connectivity index (χ2n) is 3.98. The molecule has 1 N–H and O–H groups in total. The molecule has 0 aromatic carbocycles. The predicted molar refractivity (Wildman–Crippen MR) is 53.1 cm³/mol. The summed E-state index contributed by atoms with van der Waals surface area (Å²) >= 11 is 0. The Bertz CT molecular complexity index is 299. The number of anilines is 1. The van der Waals surface area contributed by atoms with Gasteiger partial charge in [-0.25, -0.2) is 4.68 Å². The van der Waals surface area contributed by atoms with E-state index in [2.05, 4.69) is 39.6 Å². The highest BCUT2D eigenvalue weighted by Crippen LogP contribution is 2.12. The summed E-state index contributed by atoms with van der Waals surface area (Å²) < 4.78 is 1.71. The number of nitrogens with zero attached hydrogens (tertiary/aromatic N) is 5. The van der Waals surface area contributed by atoms with Crippen LogP contribution in [0.2, 0.25) is 0 Å². The second kappa shape index (κ2) is 3.53. The molecule has 0 saturated carbocycles. The molecule has 2 unspecified atom stereocenters. The van der Waals surface area contributed by atoms with Gasteiger partial charge in [-0.2, -0.15) is 0 Å². The van der Waals surface area contributed by atoms with Gasteiger partial charge in [0, 0.05) is 32.2 Å². The third kappa shape index (κ3) is 1.70. The van der Waals surface area contributed by atoms with E-state index in [9.17, 15) is 0 Å². The summed E-state index contributed by atoms with van der Waals surface area (Å²) in [6.45, 7) is 6.26. The van der Waals surface area contributed by atoms with Crippen LogP contribution in [0.1, 0.15) is 13.8 Å². The van der Waals surface area contributed by atoms with Gasteiger partial charge in [0.05, 0.1) is 0 Å². The van der Waals surface area contributed by atoms with Crippen LogP contribution in [0.25, 0.3) is 0 Å². The Balaban J connectivity index is 2.15. The van der Waals surface area contributed by atoms with Gasteiger partial charge in [0.25, 0.3) is 0 Å². The molecule has 0 bridgehead atoms. The van der Waals surface area contributed by atoms with Crippen molar-refractivity contribution in [2.75, 3.05) is 18.0 Å². The summed E-state index contributed by atoms with van der Waals surface area (Å²) in [5.41, 5.74) is 0. The van der Waals surface area contributed by atoms with E-state index in [0.29, 0.717) is 12.1 Å². The number of nitrogens with one attached hydrogen (secondary N) is 1. The highest BCUT2D eigenvalue weighted by Gasteiger charge is 2.23. The van der Waals surface area contributed by atoms with Crippen molar-refractivity contribution in [3.63, 3.8) is 0 Å². The maximum absolute atomic E-state index is 4.01. The lowest BCUT2D eigenvalue weighted by atomic mass is 10.1. The summed E-state index contributed by atoms with van der Waals surface area (Å²) in [6.07, 6.45) is 0. The molecule has 14 heavy (non-hydrogen) atoms. The molecule has 1 aromatic rings. The van der Waals surface area contributed by atoms with Gasteiger partial charge in [-0.3, -0.25) is 0 Å². The minimum atomic E-state index is 0.482. The summed E-state index contributed by atoms with van der Waals surface area (Å²) in [7, 11) is 1.87. The third-order valence-electron chi connectivity index (χ3n) is 2.44. The van der Waals surface area contributed by atoms with E-state index >= 15 is 0 Å². The maximum Gasteiger partial charge on any atom is 0.245 e. The SMILES string of the molecule is CC1CN(c2nnnn2C)CC(C)N1. The number of rotatable bonds is 1. The number of piperazine rings is 1. The molecule has 2 rings (SSSR count). The lowest BCUT2D eigenvalue weighted by Gasteiger charge is -2.35. The van der Waals surface area contributed by atoms with Gasteiger partial charge in [0.15, 0.2) is 0 Å². The molecule has 0 amide bonds. The Labute approximate surface area is 83.3 Å². The van der Waals surface area contributed by atoms with E-state index in [1.54, 1.807) is 4.68 Å². The summed E-state index contributed by atoms with van der Waals surface area (Å²) in [4.78, 5) is 2.21. The van der Waals surface area contributed by atoms with Crippen molar-refractivity contribution >= 4 is 5.95 Å². The van der Waals surface area contributed by atoms with Gasteiger partial charge in [-0.15, -0.1) is 0 Å². The zero-order chi connectivity index (χ0) is 10.1. The molecule has 2 atom stereocenters. The molecule has 1 aromatic heterocycles. The zero-order valence-corrected chi connectivity index (χ0v) is 8.80. The Morgan fingerprint density at radius 3 is 2.43 bits per heavy atom. The Morgan fingerprint density at radius 2 is 1.93 bits per heavy atom. The first-order chi connectivity index (χ1) is 6.66. The van der Waals surface area contributed by atoms with Crippen LogP contribution >= 0.6 is 0 Å². The largest absolute Gasteiger partial charge is 0.337 e. The Hall–Kier alpha value is -1.17. The van der Waals surface area contributed by atoms with Crippen LogP contribution in [0.4, 0.5) is 5.95 Å². The van der Waals surface area contributed by atoms with Crippen LogP contribution in [0.15, 0.2) is 0 Å². The molecule has 6 heteroatoms. The van der Waals surface area contributed by atoms with Crippen molar-refractivity contribution in [3.8, 4) is 0 Å². The lowest BCUT2D eigenvalue weighted by molar-refractivity contribution is 0.400. The summed E-state index contributed by atoms with van der Waals surface area (Å²) in [6, 6.07) is 0.964. The van der Waals surface area contributed by atoms with E-state index in [1.165, 1.54) is 0 Å². The molecule has 78 valence electrons. The van der Waals surface area contributed by atoms with Crippen molar-refractivity contribution in [1.29, 1.82) is 0 Å². The Morgan fingerprint density at radius 1 is 1.29 bits per heavy atom. The van der Waals surface area contributed by atoms with Gasteiger partial charge < -0.3 is 10.2 Å². The molecular weight excluding hydrogens is 180 g/mol. The van der Waals surface area contributed by atoms with Crippen LogP contribution in [-0.4, -0.2) is 45.4 Å². The van der Waals surface area contributed by atoms with Gasteiger partial charge in [-0.1, -0.05) is 5.10 Å². The van der Waals surface area contributed by atoms with Crippen molar-refractivity contribution < 1.29 is 0 Å². The second-order valence-corrected chi connectivity index (χ2v) is 3.98. The molecule has 1 fully saturated rings. The zero-order valence-electron chi connectivity index (χ0n) is 8.80.